The molecule has 0 fully saturated rings. The quantitative estimate of drug-likeness (QED) is 0.295. The lowest BCUT2D eigenvalue weighted by molar-refractivity contribution is 0.399. The third-order valence-corrected chi connectivity index (χ3v) is 2.16. The van der Waals surface area contributed by atoms with E-state index in [-0.39, 0.29) is 11.5 Å². The van der Waals surface area contributed by atoms with Crippen molar-refractivity contribution in [3.63, 3.8) is 0 Å². The largest absolute Gasteiger partial charge is 0.374 e. The van der Waals surface area contributed by atoms with Gasteiger partial charge in [0, 0.05) is 0 Å². The maximum absolute atomic E-state index is 5.76. The highest BCUT2D eigenvalue weighted by Gasteiger charge is 2.17. The lowest BCUT2D eigenvalue weighted by Gasteiger charge is -2.21. The molecule has 0 aromatic carbocycles. The number of amidine groups is 1. The van der Waals surface area contributed by atoms with Crippen molar-refractivity contribution in [2.24, 2.45) is 22.4 Å². The molecule has 68 valence electrons. The van der Waals surface area contributed by atoms with E-state index in [0.717, 1.165) is 19.3 Å². The number of nitrogens with zero attached hydrogens (tertiary/aromatic N) is 1. The van der Waals surface area contributed by atoms with Crippen molar-refractivity contribution in [2.45, 2.75) is 25.4 Å². The second-order valence-electron chi connectivity index (χ2n) is 2.99. The van der Waals surface area contributed by atoms with Crippen molar-refractivity contribution in [3.05, 3.63) is 12.2 Å². The van der Waals surface area contributed by atoms with Crippen molar-refractivity contribution in [1.29, 1.82) is 0 Å². The van der Waals surface area contributed by atoms with Gasteiger partial charge in [0.15, 0.2) is 5.29 Å². The summed E-state index contributed by atoms with van der Waals surface area (Å²) < 4.78 is 0. The van der Waals surface area contributed by atoms with Gasteiger partial charge in [-0.05, 0) is 36.8 Å². The third-order valence-electron chi connectivity index (χ3n) is 2.07. The fourth-order valence-electron chi connectivity index (χ4n) is 1.38. The third kappa shape index (κ3) is 2.83. The van der Waals surface area contributed by atoms with Crippen LogP contribution in [0.1, 0.15) is 19.3 Å². The molecule has 0 radical (unpaired) electrons. The van der Waals surface area contributed by atoms with Crippen LogP contribution >= 0.6 is 11.6 Å². The number of hydrogen-bond donors (Lipinski definition) is 2. The van der Waals surface area contributed by atoms with Crippen LogP contribution in [-0.2, 0) is 0 Å². The Balaban J connectivity index is 2.46. The van der Waals surface area contributed by atoms with Crippen molar-refractivity contribution in [3.8, 4) is 0 Å². The first kappa shape index (κ1) is 9.55. The van der Waals surface area contributed by atoms with Gasteiger partial charge >= 0.3 is 0 Å². The summed E-state index contributed by atoms with van der Waals surface area (Å²) in [5, 5.41) is 0.0528. The van der Waals surface area contributed by atoms with Crippen molar-refractivity contribution >= 4 is 16.9 Å². The topological polar surface area (TPSA) is 64.4 Å². The predicted octanol–water partition coefficient (Wildman–Crippen LogP) is 1.18. The van der Waals surface area contributed by atoms with E-state index in [1.807, 2.05) is 0 Å². The summed E-state index contributed by atoms with van der Waals surface area (Å²) in [7, 11) is 0. The highest BCUT2D eigenvalue weighted by atomic mass is 35.5. The Morgan fingerprint density at radius 3 is 2.83 bits per heavy atom. The molecular formula is C8H14ClN3. The first-order valence-electron chi connectivity index (χ1n) is 4.09. The fourth-order valence-corrected chi connectivity index (χ4v) is 1.49. The van der Waals surface area contributed by atoms with Gasteiger partial charge < -0.3 is 11.5 Å². The molecule has 4 N–H and O–H groups in total. The Morgan fingerprint density at radius 2 is 2.33 bits per heavy atom. The highest BCUT2D eigenvalue weighted by Crippen LogP contribution is 2.21. The molecule has 0 aliphatic heterocycles. The van der Waals surface area contributed by atoms with Gasteiger partial charge in [0.25, 0.3) is 0 Å². The normalized spacial score (nSPS) is 27.2. The van der Waals surface area contributed by atoms with Gasteiger partial charge in [-0.1, -0.05) is 12.2 Å². The van der Waals surface area contributed by atoms with Crippen LogP contribution in [0.2, 0.25) is 0 Å². The number of nitrogens with two attached hydrogens (primary N) is 2. The molecule has 12 heavy (non-hydrogen) atoms. The Labute approximate surface area is 77.5 Å². The number of rotatable bonds is 2. The summed E-state index contributed by atoms with van der Waals surface area (Å²) in [6.45, 7) is 0. The van der Waals surface area contributed by atoms with E-state index in [4.69, 9.17) is 23.1 Å². The second-order valence-corrected chi connectivity index (χ2v) is 3.37. The van der Waals surface area contributed by atoms with Gasteiger partial charge in [0.05, 0.1) is 0 Å². The molecule has 0 saturated heterocycles. The molecule has 0 bridgehead atoms. The smallest absolute Gasteiger partial charge is 0.190 e. The van der Waals surface area contributed by atoms with E-state index in [2.05, 4.69) is 17.1 Å². The first-order valence-corrected chi connectivity index (χ1v) is 4.47. The van der Waals surface area contributed by atoms with Gasteiger partial charge in [-0.2, -0.15) is 0 Å². The molecular weight excluding hydrogens is 174 g/mol. The van der Waals surface area contributed by atoms with Gasteiger partial charge in [-0.3, -0.25) is 0 Å². The van der Waals surface area contributed by atoms with E-state index >= 15 is 0 Å². The van der Waals surface area contributed by atoms with Crippen LogP contribution in [0.5, 0.6) is 0 Å². The van der Waals surface area contributed by atoms with Crippen molar-refractivity contribution in [1.82, 2.24) is 0 Å². The molecule has 2 unspecified atom stereocenters. The molecule has 1 rings (SSSR count). The summed E-state index contributed by atoms with van der Waals surface area (Å²) in [5.41, 5.74) is 11.0. The summed E-state index contributed by atoms with van der Waals surface area (Å²) in [4.78, 5) is 3.90. The van der Waals surface area contributed by atoms with Gasteiger partial charge in [0.2, 0.25) is 0 Å². The molecule has 0 aromatic heterocycles. The average Bonchev–Trinajstić information content (AvgIpc) is 2.05. The molecule has 3 nitrogen and oxygen atoms in total. The van der Waals surface area contributed by atoms with Crippen LogP contribution in [0, 0.1) is 5.92 Å². The van der Waals surface area contributed by atoms with Crippen LogP contribution < -0.4 is 11.5 Å². The van der Waals surface area contributed by atoms with Crippen LogP contribution in [0.25, 0.3) is 0 Å². The maximum Gasteiger partial charge on any atom is 0.190 e. The molecule has 0 saturated carbocycles. The summed E-state index contributed by atoms with van der Waals surface area (Å²) in [5.74, 6) is 0.396. The summed E-state index contributed by atoms with van der Waals surface area (Å²) in [6.07, 6.45) is 7.19. The monoisotopic (exact) mass is 187 g/mol. The molecule has 1 aliphatic rings. The van der Waals surface area contributed by atoms with E-state index < -0.39 is 0 Å². The van der Waals surface area contributed by atoms with Gasteiger partial charge in [0.1, 0.15) is 6.17 Å². The molecule has 1 aliphatic carbocycles. The maximum atomic E-state index is 5.76. The number of hydrogen-bond acceptors (Lipinski definition) is 2. The first-order chi connectivity index (χ1) is 5.70. The predicted molar refractivity (Wildman–Crippen MR) is 51.9 cm³/mol. The molecule has 4 heteroatoms. The minimum atomic E-state index is -0.243. The van der Waals surface area contributed by atoms with Crippen molar-refractivity contribution < 1.29 is 0 Å². The average molecular weight is 188 g/mol. The molecule has 0 spiro atoms. The molecule has 0 heterocycles. The van der Waals surface area contributed by atoms with Crippen molar-refractivity contribution in [2.75, 3.05) is 0 Å². The Kier molecular flexibility index (Phi) is 3.56. The fraction of sp³-hybridized carbons (Fsp3) is 0.625. The Hall–Kier alpha value is -0.540. The molecule has 2 atom stereocenters. The van der Waals surface area contributed by atoms with E-state index in [1.54, 1.807) is 0 Å². The van der Waals surface area contributed by atoms with E-state index in [1.165, 1.54) is 0 Å². The summed E-state index contributed by atoms with van der Waals surface area (Å²) >= 11 is 5.42. The minimum absolute atomic E-state index is 0.0528. The van der Waals surface area contributed by atoms with Crippen LogP contribution in [0.15, 0.2) is 17.1 Å². The van der Waals surface area contributed by atoms with E-state index in [9.17, 15) is 0 Å². The van der Waals surface area contributed by atoms with Gasteiger partial charge in [-0.15, -0.1) is 0 Å². The zero-order valence-corrected chi connectivity index (χ0v) is 7.67. The molecule has 0 amide bonds. The zero-order valence-electron chi connectivity index (χ0n) is 6.91. The lowest BCUT2D eigenvalue weighted by Crippen LogP contribution is -2.30. The lowest BCUT2D eigenvalue weighted by atomic mass is 9.92. The number of halogens is 1. The molecule has 0 aromatic rings. The van der Waals surface area contributed by atoms with Crippen LogP contribution in [0.4, 0.5) is 0 Å². The second kappa shape index (κ2) is 4.48. The Morgan fingerprint density at radius 1 is 1.58 bits per heavy atom. The Bertz CT molecular complexity index is 196. The van der Waals surface area contributed by atoms with Crippen LogP contribution in [0.3, 0.4) is 0 Å². The number of allylic oxidation sites excluding steroid dienone is 2. The van der Waals surface area contributed by atoms with Crippen LogP contribution in [-0.4, -0.2) is 11.5 Å². The SMILES string of the molecule is NC(Cl)=NC(N)C1CC=CCC1. The standard InChI is InChI=1S/C8H14ClN3/c9-8(11)12-7(10)6-4-2-1-3-5-6/h1-2,6-7H,3-5,10H2,(H2,11,12). The number of aliphatic imine (C=N–C) groups is 1. The summed E-state index contributed by atoms with van der Waals surface area (Å²) in [6, 6.07) is 0. The van der Waals surface area contributed by atoms with E-state index in [0.29, 0.717) is 5.92 Å². The minimum Gasteiger partial charge on any atom is -0.374 e. The highest BCUT2D eigenvalue weighted by molar-refractivity contribution is 6.64. The zero-order chi connectivity index (χ0) is 8.97. The van der Waals surface area contributed by atoms with Gasteiger partial charge in [-0.25, -0.2) is 4.99 Å².